The number of hydrogen-bond donors (Lipinski definition) is 1. The Bertz CT molecular complexity index is 357. The molecular weight excluding hydrogens is 202 g/mol. The Morgan fingerprint density at radius 1 is 1.38 bits per heavy atom. The number of likely N-dealkylation sites (N-methyl/N-ethyl adjacent to an activating group) is 1. The van der Waals surface area contributed by atoms with Crippen molar-refractivity contribution >= 4 is 11.9 Å². The summed E-state index contributed by atoms with van der Waals surface area (Å²) in [5.41, 5.74) is 0.978. The van der Waals surface area contributed by atoms with Gasteiger partial charge in [0, 0.05) is 0 Å². The van der Waals surface area contributed by atoms with Gasteiger partial charge in [-0.3, -0.25) is 9.69 Å². The Hall–Kier alpha value is -1.45. The lowest BCUT2D eigenvalue weighted by Gasteiger charge is -2.18. The van der Waals surface area contributed by atoms with Crippen LogP contribution in [-0.4, -0.2) is 42.5 Å². The number of nitrogens with zero attached hydrogens (tertiary/aromatic N) is 1. The zero-order chi connectivity index (χ0) is 12.0. The second kappa shape index (κ2) is 6.20. The van der Waals surface area contributed by atoms with Crippen molar-refractivity contribution < 1.29 is 9.90 Å². The van der Waals surface area contributed by atoms with Gasteiger partial charge < -0.3 is 5.11 Å². The third kappa shape index (κ3) is 3.61. The van der Waals surface area contributed by atoms with E-state index in [9.17, 15) is 4.79 Å². The largest absolute Gasteiger partial charge is 0.394 e. The number of aliphatic hydroxyl groups excluding tert-OH is 1. The number of rotatable bonds is 5. The van der Waals surface area contributed by atoms with E-state index >= 15 is 0 Å². The zero-order valence-electron chi connectivity index (χ0n) is 9.63. The number of aliphatic hydroxyl groups is 1. The standard InChI is InChI=1S/C13H17NO2/c1-14(2)12(10-15)13(16)9-8-11-6-4-3-5-7-11/h3-9,12,15H,10H2,1-2H3/b9-8+. The molecule has 0 saturated heterocycles. The van der Waals surface area contributed by atoms with Crippen molar-refractivity contribution in [1.29, 1.82) is 0 Å². The Kier molecular flexibility index (Phi) is 4.89. The van der Waals surface area contributed by atoms with Crippen LogP contribution in [0.5, 0.6) is 0 Å². The minimum Gasteiger partial charge on any atom is -0.394 e. The van der Waals surface area contributed by atoms with Gasteiger partial charge in [-0.05, 0) is 25.7 Å². The van der Waals surface area contributed by atoms with Gasteiger partial charge in [-0.1, -0.05) is 36.4 Å². The normalized spacial score (nSPS) is 13.2. The fourth-order valence-electron chi connectivity index (χ4n) is 1.36. The third-order valence-electron chi connectivity index (χ3n) is 2.36. The van der Waals surface area contributed by atoms with Crippen molar-refractivity contribution in [2.75, 3.05) is 20.7 Å². The molecule has 0 aliphatic heterocycles. The summed E-state index contributed by atoms with van der Waals surface area (Å²) in [7, 11) is 3.55. The summed E-state index contributed by atoms with van der Waals surface area (Å²) in [6.45, 7) is -0.162. The fraction of sp³-hybridized carbons (Fsp3) is 0.308. The van der Waals surface area contributed by atoms with Gasteiger partial charge in [0.1, 0.15) is 0 Å². The monoisotopic (exact) mass is 219 g/mol. The predicted octanol–water partition coefficient (Wildman–Crippen LogP) is 1.19. The van der Waals surface area contributed by atoms with E-state index in [-0.39, 0.29) is 12.4 Å². The molecule has 0 aromatic heterocycles. The smallest absolute Gasteiger partial charge is 0.175 e. The van der Waals surface area contributed by atoms with Crippen molar-refractivity contribution in [3.05, 3.63) is 42.0 Å². The summed E-state index contributed by atoms with van der Waals surface area (Å²) in [6.07, 6.45) is 3.27. The lowest BCUT2D eigenvalue weighted by molar-refractivity contribution is -0.119. The van der Waals surface area contributed by atoms with Gasteiger partial charge in [-0.15, -0.1) is 0 Å². The van der Waals surface area contributed by atoms with Crippen LogP contribution in [0.4, 0.5) is 0 Å². The SMILES string of the molecule is CN(C)C(CO)C(=O)/C=C/c1ccccc1. The number of benzene rings is 1. The average Bonchev–Trinajstić information content (AvgIpc) is 2.28. The fourth-order valence-corrected chi connectivity index (χ4v) is 1.36. The molecule has 3 heteroatoms. The molecule has 1 N–H and O–H groups in total. The molecule has 1 aromatic carbocycles. The Labute approximate surface area is 96.0 Å². The van der Waals surface area contributed by atoms with Crippen LogP contribution in [0.3, 0.4) is 0 Å². The molecule has 3 nitrogen and oxygen atoms in total. The summed E-state index contributed by atoms with van der Waals surface area (Å²) in [5.74, 6) is -0.0867. The highest BCUT2D eigenvalue weighted by atomic mass is 16.3. The first-order valence-corrected chi connectivity index (χ1v) is 5.19. The lowest BCUT2D eigenvalue weighted by atomic mass is 10.1. The Balaban J connectivity index is 2.67. The summed E-state index contributed by atoms with van der Waals surface area (Å²) in [6, 6.07) is 9.15. The molecule has 1 aromatic rings. The molecule has 0 bridgehead atoms. The first-order valence-electron chi connectivity index (χ1n) is 5.19. The van der Waals surface area contributed by atoms with Gasteiger partial charge in [0.25, 0.3) is 0 Å². The van der Waals surface area contributed by atoms with Crippen LogP contribution in [-0.2, 0) is 4.79 Å². The van der Waals surface area contributed by atoms with Crippen LogP contribution in [0.2, 0.25) is 0 Å². The summed E-state index contributed by atoms with van der Waals surface area (Å²) in [5, 5.41) is 9.07. The molecule has 0 spiro atoms. The highest BCUT2D eigenvalue weighted by Gasteiger charge is 2.16. The van der Waals surface area contributed by atoms with E-state index in [0.717, 1.165) is 5.56 Å². The minimum atomic E-state index is -0.458. The number of carbonyl (C=O) groups is 1. The first kappa shape index (κ1) is 12.6. The molecule has 16 heavy (non-hydrogen) atoms. The molecule has 0 aliphatic carbocycles. The molecule has 86 valence electrons. The predicted molar refractivity (Wildman–Crippen MR) is 65.0 cm³/mol. The van der Waals surface area contributed by atoms with Crippen molar-refractivity contribution in [2.45, 2.75) is 6.04 Å². The maximum absolute atomic E-state index is 11.7. The number of carbonyl (C=O) groups excluding carboxylic acids is 1. The van der Waals surface area contributed by atoms with Gasteiger partial charge >= 0.3 is 0 Å². The Morgan fingerprint density at radius 3 is 2.50 bits per heavy atom. The molecule has 1 unspecified atom stereocenters. The highest BCUT2D eigenvalue weighted by molar-refractivity contribution is 5.97. The maximum atomic E-state index is 11.7. The van der Waals surface area contributed by atoms with Crippen LogP contribution in [0.15, 0.2) is 36.4 Å². The van der Waals surface area contributed by atoms with Crippen LogP contribution in [0.1, 0.15) is 5.56 Å². The van der Waals surface area contributed by atoms with E-state index in [0.29, 0.717) is 0 Å². The highest BCUT2D eigenvalue weighted by Crippen LogP contribution is 2.03. The molecule has 0 aliphatic rings. The van der Waals surface area contributed by atoms with Crippen molar-refractivity contribution in [3.8, 4) is 0 Å². The van der Waals surface area contributed by atoms with E-state index in [1.165, 1.54) is 6.08 Å². The second-order valence-corrected chi connectivity index (χ2v) is 3.81. The van der Waals surface area contributed by atoms with Gasteiger partial charge in [0.2, 0.25) is 0 Å². The van der Waals surface area contributed by atoms with E-state index in [1.807, 2.05) is 30.3 Å². The molecule has 0 heterocycles. The quantitative estimate of drug-likeness (QED) is 0.756. The van der Waals surface area contributed by atoms with Crippen molar-refractivity contribution in [3.63, 3.8) is 0 Å². The molecule has 0 amide bonds. The van der Waals surface area contributed by atoms with E-state index in [2.05, 4.69) is 0 Å². The Morgan fingerprint density at radius 2 is 2.00 bits per heavy atom. The van der Waals surface area contributed by atoms with Crippen molar-refractivity contribution in [2.24, 2.45) is 0 Å². The molecular formula is C13H17NO2. The molecule has 1 rings (SSSR count). The van der Waals surface area contributed by atoms with Crippen LogP contribution < -0.4 is 0 Å². The molecule has 0 fully saturated rings. The zero-order valence-corrected chi connectivity index (χ0v) is 9.63. The number of ketones is 1. The van der Waals surface area contributed by atoms with E-state index in [1.54, 1.807) is 25.1 Å². The molecule has 0 radical (unpaired) electrons. The summed E-state index contributed by atoms with van der Waals surface area (Å²) in [4.78, 5) is 13.4. The van der Waals surface area contributed by atoms with Gasteiger partial charge in [-0.2, -0.15) is 0 Å². The van der Waals surface area contributed by atoms with Crippen LogP contribution in [0, 0.1) is 0 Å². The minimum absolute atomic E-state index is 0.0867. The maximum Gasteiger partial charge on any atom is 0.175 e. The third-order valence-corrected chi connectivity index (χ3v) is 2.36. The second-order valence-electron chi connectivity index (χ2n) is 3.81. The van der Waals surface area contributed by atoms with E-state index < -0.39 is 6.04 Å². The topological polar surface area (TPSA) is 40.5 Å². The molecule has 0 saturated carbocycles. The van der Waals surface area contributed by atoms with Crippen molar-refractivity contribution in [1.82, 2.24) is 4.90 Å². The van der Waals surface area contributed by atoms with Gasteiger partial charge in [0.05, 0.1) is 12.6 Å². The summed E-state index contributed by atoms with van der Waals surface area (Å²) >= 11 is 0. The number of hydrogen-bond acceptors (Lipinski definition) is 3. The van der Waals surface area contributed by atoms with Gasteiger partial charge in [0.15, 0.2) is 5.78 Å². The van der Waals surface area contributed by atoms with Gasteiger partial charge in [-0.25, -0.2) is 0 Å². The first-order chi connectivity index (χ1) is 7.65. The van der Waals surface area contributed by atoms with Crippen LogP contribution >= 0.6 is 0 Å². The average molecular weight is 219 g/mol. The summed E-state index contributed by atoms with van der Waals surface area (Å²) < 4.78 is 0. The van der Waals surface area contributed by atoms with E-state index in [4.69, 9.17) is 5.11 Å². The lowest BCUT2D eigenvalue weighted by Crippen LogP contribution is -2.37. The van der Waals surface area contributed by atoms with Crippen LogP contribution in [0.25, 0.3) is 6.08 Å². The molecule has 1 atom stereocenters.